The topological polar surface area (TPSA) is 77.5 Å². The molecule has 6 heteroatoms. The van der Waals surface area contributed by atoms with Gasteiger partial charge in [-0.25, -0.2) is 5.84 Å². The van der Waals surface area contributed by atoms with E-state index in [1.165, 1.54) is 0 Å². The van der Waals surface area contributed by atoms with Gasteiger partial charge in [0.1, 0.15) is 12.4 Å². The van der Waals surface area contributed by atoms with Gasteiger partial charge in [-0.3, -0.25) is 10.2 Å². The molecule has 1 aromatic carbocycles. The lowest BCUT2D eigenvalue weighted by Crippen LogP contribution is -2.30. The number of hydrogen-bond donors (Lipinski definition) is 2. The number of ether oxygens (including phenoxy) is 1. The molecule has 1 heterocycles. The van der Waals surface area contributed by atoms with Crippen molar-refractivity contribution in [3.8, 4) is 0 Å². The largest absolute Gasteiger partial charge is 0.453 e. The van der Waals surface area contributed by atoms with Gasteiger partial charge in [-0.05, 0) is 30.7 Å². The fourth-order valence-electron chi connectivity index (χ4n) is 1.76. The quantitative estimate of drug-likeness (QED) is 0.505. The number of halogens is 1. The number of carbonyl (C=O) groups excluding carboxylic acids is 1. The van der Waals surface area contributed by atoms with Gasteiger partial charge in [0.05, 0.1) is 6.61 Å². The molecule has 0 bridgehead atoms. The van der Waals surface area contributed by atoms with Crippen molar-refractivity contribution in [2.24, 2.45) is 5.84 Å². The van der Waals surface area contributed by atoms with E-state index >= 15 is 0 Å². The van der Waals surface area contributed by atoms with Crippen molar-refractivity contribution in [1.29, 1.82) is 0 Å². The van der Waals surface area contributed by atoms with Crippen LogP contribution in [0.4, 0.5) is 0 Å². The van der Waals surface area contributed by atoms with E-state index < -0.39 is 5.91 Å². The zero-order valence-corrected chi connectivity index (χ0v) is 11.7. The molecular formula is C14H15ClN2O3. The summed E-state index contributed by atoms with van der Waals surface area (Å²) in [6.07, 6.45) is 0. The van der Waals surface area contributed by atoms with Crippen LogP contribution in [0.5, 0.6) is 0 Å². The summed E-state index contributed by atoms with van der Waals surface area (Å²) in [5.74, 6) is 5.40. The van der Waals surface area contributed by atoms with Crippen LogP contribution >= 0.6 is 11.6 Å². The average Bonchev–Trinajstić information content (AvgIpc) is 2.81. The van der Waals surface area contributed by atoms with Gasteiger partial charge in [-0.15, -0.1) is 0 Å². The number of hydrogen-bond acceptors (Lipinski definition) is 4. The van der Waals surface area contributed by atoms with E-state index in [1.807, 2.05) is 17.6 Å². The van der Waals surface area contributed by atoms with Crippen molar-refractivity contribution < 1.29 is 13.9 Å². The summed E-state index contributed by atoms with van der Waals surface area (Å²) in [5, 5.41) is 0.688. The van der Waals surface area contributed by atoms with Crippen LogP contribution in [0.25, 0.3) is 0 Å². The van der Waals surface area contributed by atoms with Crippen LogP contribution in [0.2, 0.25) is 5.02 Å². The fraction of sp³-hybridized carbons (Fsp3) is 0.214. The van der Waals surface area contributed by atoms with Gasteiger partial charge >= 0.3 is 5.91 Å². The Morgan fingerprint density at radius 3 is 2.70 bits per heavy atom. The molecule has 0 radical (unpaired) electrons. The van der Waals surface area contributed by atoms with Crippen molar-refractivity contribution in [3.63, 3.8) is 0 Å². The Bertz CT molecular complexity index is 593. The Labute approximate surface area is 121 Å². The predicted molar refractivity (Wildman–Crippen MR) is 75.0 cm³/mol. The molecule has 0 saturated carbocycles. The van der Waals surface area contributed by atoms with Gasteiger partial charge in [0.25, 0.3) is 0 Å². The van der Waals surface area contributed by atoms with Crippen LogP contribution < -0.4 is 11.3 Å². The molecule has 5 nitrogen and oxygen atoms in total. The van der Waals surface area contributed by atoms with Crippen molar-refractivity contribution in [3.05, 3.63) is 58.0 Å². The number of carbonyl (C=O) groups is 1. The highest BCUT2D eigenvalue weighted by Crippen LogP contribution is 2.16. The van der Waals surface area contributed by atoms with Crippen molar-refractivity contribution >= 4 is 17.5 Å². The highest BCUT2D eigenvalue weighted by atomic mass is 35.5. The smallest absolute Gasteiger partial charge is 0.301 e. The summed E-state index contributed by atoms with van der Waals surface area (Å²) in [5.41, 5.74) is 3.77. The van der Waals surface area contributed by atoms with Crippen LogP contribution in [0.3, 0.4) is 0 Å². The molecule has 3 N–H and O–H groups in total. The second-order valence-corrected chi connectivity index (χ2v) is 4.75. The van der Waals surface area contributed by atoms with E-state index in [9.17, 15) is 4.79 Å². The normalized spacial score (nSPS) is 10.6. The number of rotatable bonds is 5. The highest BCUT2D eigenvalue weighted by Gasteiger charge is 2.14. The molecule has 0 unspecified atom stereocenters. The average molecular weight is 295 g/mol. The monoisotopic (exact) mass is 294 g/mol. The van der Waals surface area contributed by atoms with E-state index in [-0.39, 0.29) is 12.4 Å². The van der Waals surface area contributed by atoms with Gasteiger partial charge in [0, 0.05) is 10.6 Å². The van der Waals surface area contributed by atoms with Gasteiger partial charge in [0.2, 0.25) is 0 Å². The fourth-order valence-corrected chi connectivity index (χ4v) is 1.89. The molecule has 0 atom stereocenters. The Kier molecular flexibility index (Phi) is 4.79. The lowest BCUT2D eigenvalue weighted by molar-refractivity contribution is 0.0856. The number of benzene rings is 1. The summed E-state index contributed by atoms with van der Waals surface area (Å²) in [6, 6.07) is 9.15. The third kappa shape index (κ3) is 3.60. The van der Waals surface area contributed by atoms with E-state index in [2.05, 4.69) is 0 Å². The van der Waals surface area contributed by atoms with Gasteiger partial charge < -0.3 is 9.15 Å². The number of hydrazine groups is 1. The predicted octanol–water partition coefficient (Wildman–Crippen LogP) is 2.56. The van der Waals surface area contributed by atoms with Crippen LogP contribution in [-0.2, 0) is 18.0 Å². The molecule has 1 amide bonds. The summed E-state index contributed by atoms with van der Waals surface area (Å²) in [6.45, 7) is 2.49. The number of nitrogens with one attached hydrogen (secondary N) is 1. The molecule has 0 saturated heterocycles. The summed E-state index contributed by atoms with van der Waals surface area (Å²) in [4.78, 5) is 11.4. The van der Waals surface area contributed by atoms with Crippen LogP contribution in [-0.4, -0.2) is 5.91 Å². The molecular weight excluding hydrogens is 280 g/mol. The summed E-state index contributed by atoms with van der Waals surface area (Å²) in [7, 11) is 0. The molecule has 0 fully saturated rings. The molecule has 0 aliphatic carbocycles. The van der Waals surface area contributed by atoms with Crippen molar-refractivity contribution in [2.45, 2.75) is 20.1 Å². The van der Waals surface area contributed by atoms with E-state index in [0.717, 1.165) is 11.1 Å². The first-order chi connectivity index (χ1) is 9.60. The lowest BCUT2D eigenvalue weighted by atomic mass is 10.2. The van der Waals surface area contributed by atoms with E-state index in [1.54, 1.807) is 25.1 Å². The third-order valence-corrected chi connectivity index (χ3v) is 2.98. The Hall–Kier alpha value is -1.82. The molecule has 2 rings (SSSR count). The number of furan rings is 1. The zero-order chi connectivity index (χ0) is 14.5. The third-order valence-electron chi connectivity index (χ3n) is 2.73. The highest BCUT2D eigenvalue weighted by molar-refractivity contribution is 6.30. The van der Waals surface area contributed by atoms with Gasteiger partial charge in [-0.2, -0.15) is 0 Å². The minimum atomic E-state index is -0.452. The number of aryl methyl sites for hydroxylation is 1. The van der Waals surface area contributed by atoms with Crippen molar-refractivity contribution in [2.75, 3.05) is 0 Å². The maximum Gasteiger partial charge on any atom is 0.301 e. The standard InChI is InChI=1S/C14H15ClN2O3/c1-9-6-12(20-13(9)14(18)17-16)8-19-7-10-2-4-11(15)5-3-10/h2-6H,7-8,16H2,1H3,(H,17,18). The van der Waals surface area contributed by atoms with E-state index in [0.29, 0.717) is 17.4 Å². The maximum absolute atomic E-state index is 11.4. The minimum Gasteiger partial charge on any atom is -0.453 e. The molecule has 0 aliphatic heterocycles. The maximum atomic E-state index is 11.4. The van der Waals surface area contributed by atoms with Gasteiger partial charge in [-0.1, -0.05) is 23.7 Å². The molecule has 1 aromatic heterocycles. The number of amides is 1. The summed E-state index contributed by atoms with van der Waals surface area (Å²) >= 11 is 5.80. The first-order valence-corrected chi connectivity index (χ1v) is 6.40. The molecule has 0 aliphatic rings. The first kappa shape index (κ1) is 14.6. The van der Waals surface area contributed by atoms with Crippen LogP contribution in [0.1, 0.15) is 27.4 Å². The Balaban J connectivity index is 1.91. The second-order valence-electron chi connectivity index (χ2n) is 4.32. The minimum absolute atomic E-state index is 0.206. The second kappa shape index (κ2) is 6.56. The molecule has 106 valence electrons. The summed E-state index contributed by atoms with van der Waals surface area (Å²) < 4.78 is 10.9. The van der Waals surface area contributed by atoms with E-state index in [4.69, 9.17) is 26.6 Å². The zero-order valence-electron chi connectivity index (χ0n) is 11.0. The Morgan fingerprint density at radius 2 is 2.05 bits per heavy atom. The molecule has 0 spiro atoms. The lowest BCUT2D eigenvalue weighted by Gasteiger charge is -2.02. The SMILES string of the molecule is Cc1cc(COCc2ccc(Cl)cc2)oc1C(=O)NN. The molecule has 2 aromatic rings. The molecule has 20 heavy (non-hydrogen) atoms. The number of nitrogen functional groups attached to an aromatic ring is 1. The first-order valence-electron chi connectivity index (χ1n) is 6.02. The van der Waals surface area contributed by atoms with Crippen molar-refractivity contribution in [1.82, 2.24) is 5.43 Å². The van der Waals surface area contributed by atoms with Crippen LogP contribution in [0, 0.1) is 6.92 Å². The van der Waals surface area contributed by atoms with Gasteiger partial charge in [0.15, 0.2) is 5.76 Å². The number of nitrogens with two attached hydrogens (primary N) is 1. The van der Waals surface area contributed by atoms with Crippen LogP contribution in [0.15, 0.2) is 34.7 Å². The Morgan fingerprint density at radius 1 is 1.35 bits per heavy atom.